The van der Waals surface area contributed by atoms with Crippen molar-refractivity contribution in [1.82, 2.24) is 14.7 Å². The fourth-order valence-electron chi connectivity index (χ4n) is 5.44. The molecule has 3 aliphatic rings. The Morgan fingerprint density at radius 2 is 1.82 bits per heavy atom. The first kappa shape index (κ1) is 19.9. The van der Waals surface area contributed by atoms with Crippen molar-refractivity contribution in [2.24, 2.45) is 5.41 Å². The molecule has 3 heterocycles. The Morgan fingerprint density at radius 1 is 1.11 bits per heavy atom. The van der Waals surface area contributed by atoms with Gasteiger partial charge < -0.3 is 14.5 Å². The normalized spacial score (nSPS) is 26.5. The Hall–Kier alpha value is -1.43. The highest BCUT2D eigenvalue weighted by Crippen LogP contribution is 2.44. The molecule has 3 aliphatic heterocycles. The van der Waals surface area contributed by atoms with Gasteiger partial charge in [0, 0.05) is 52.2 Å². The van der Waals surface area contributed by atoms with Crippen LogP contribution in [-0.4, -0.2) is 86.7 Å². The van der Waals surface area contributed by atoms with Crippen LogP contribution in [-0.2, 0) is 9.53 Å². The van der Waals surface area contributed by atoms with Gasteiger partial charge in [-0.1, -0.05) is 30.3 Å². The van der Waals surface area contributed by atoms with Gasteiger partial charge in [-0.15, -0.1) is 0 Å². The zero-order valence-corrected chi connectivity index (χ0v) is 17.3. The Labute approximate surface area is 169 Å². The number of likely N-dealkylation sites (tertiary alicyclic amines) is 2. The summed E-state index contributed by atoms with van der Waals surface area (Å²) in [6.07, 6.45) is 4.20. The van der Waals surface area contributed by atoms with Crippen LogP contribution in [0.5, 0.6) is 0 Å². The van der Waals surface area contributed by atoms with E-state index >= 15 is 0 Å². The van der Waals surface area contributed by atoms with Crippen LogP contribution in [0, 0.1) is 5.41 Å². The molecule has 1 spiro atoms. The number of ether oxygens (including phenoxy) is 1. The van der Waals surface area contributed by atoms with Crippen molar-refractivity contribution in [3.8, 4) is 0 Å². The highest BCUT2D eigenvalue weighted by Gasteiger charge is 2.41. The SMILES string of the molecule is CN1CC(c2ccccc2)CC2(CCN(C(=O)CCN3CCOCC3)CC2)C1. The van der Waals surface area contributed by atoms with Gasteiger partial charge in [0.1, 0.15) is 0 Å². The van der Waals surface area contributed by atoms with Crippen molar-refractivity contribution in [2.45, 2.75) is 31.6 Å². The summed E-state index contributed by atoms with van der Waals surface area (Å²) in [5.41, 5.74) is 1.84. The number of likely N-dealkylation sites (N-methyl/N-ethyl adjacent to an activating group) is 1. The van der Waals surface area contributed by atoms with Crippen LogP contribution in [0.3, 0.4) is 0 Å². The van der Waals surface area contributed by atoms with Gasteiger partial charge in [-0.25, -0.2) is 0 Å². The maximum absolute atomic E-state index is 12.7. The third-order valence-corrected chi connectivity index (χ3v) is 7.01. The molecule has 0 N–H and O–H groups in total. The molecule has 1 amide bonds. The summed E-state index contributed by atoms with van der Waals surface area (Å²) in [5.74, 6) is 0.952. The van der Waals surface area contributed by atoms with Crippen LogP contribution in [0.15, 0.2) is 30.3 Å². The molecule has 0 aliphatic carbocycles. The number of nitrogens with zero attached hydrogens (tertiary/aromatic N) is 3. The number of morpholine rings is 1. The molecule has 0 bridgehead atoms. The third kappa shape index (κ3) is 4.76. The minimum absolute atomic E-state index is 0.338. The minimum Gasteiger partial charge on any atom is -0.379 e. The molecule has 1 atom stereocenters. The lowest BCUT2D eigenvalue weighted by Crippen LogP contribution is -2.51. The Kier molecular flexibility index (Phi) is 6.34. The zero-order valence-electron chi connectivity index (χ0n) is 17.3. The molecule has 0 radical (unpaired) electrons. The standard InChI is InChI=1S/C23H35N3O2/c1-24-18-21(20-5-3-2-4-6-20)17-23(19-24)8-11-26(12-9-23)22(27)7-10-25-13-15-28-16-14-25/h2-6,21H,7-19H2,1H3. The lowest BCUT2D eigenvalue weighted by atomic mass is 9.68. The lowest BCUT2D eigenvalue weighted by Gasteiger charge is -2.49. The van der Waals surface area contributed by atoms with E-state index in [0.717, 1.165) is 65.3 Å². The number of piperidine rings is 2. The van der Waals surface area contributed by atoms with Crippen molar-refractivity contribution in [1.29, 1.82) is 0 Å². The predicted molar refractivity (Wildman–Crippen MR) is 111 cm³/mol. The summed E-state index contributed by atoms with van der Waals surface area (Å²) >= 11 is 0. The number of amides is 1. The van der Waals surface area contributed by atoms with Gasteiger partial charge in [0.25, 0.3) is 0 Å². The Bertz CT molecular complexity index is 637. The van der Waals surface area contributed by atoms with Crippen LogP contribution < -0.4 is 0 Å². The largest absolute Gasteiger partial charge is 0.379 e. The molecule has 1 aromatic rings. The second kappa shape index (κ2) is 8.93. The summed E-state index contributed by atoms with van der Waals surface area (Å²) < 4.78 is 5.39. The second-order valence-corrected chi connectivity index (χ2v) is 9.09. The van der Waals surface area contributed by atoms with E-state index in [2.05, 4.69) is 52.1 Å². The minimum atomic E-state index is 0.338. The molecule has 3 saturated heterocycles. The smallest absolute Gasteiger partial charge is 0.223 e. The number of carbonyl (C=O) groups excluding carboxylic acids is 1. The van der Waals surface area contributed by atoms with Crippen molar-refractivity contribution in [3.63, 3.8) is 0 Å². The maximum Gasteiger partial charge on any atom is 0.223 e. The summed E-state index contributed by atoms with van der Waals surface area (Å²) in [4.78, 5) is 19.7. The quantitative estimate of drug-likeness (QED) is 0.798. The average molecular weight is 386 g/mol. The first-order valence-corrected chi connectivity index (χ1v) is 10.9. The maximum atomic E-state index is 12.7. The summed E-state index contributed by atoms with van der Waals surface area (Å²) in [5, 5.41) is 0. The van der Waals surface area contributed by atoms with E-state index in [9.17, 15) is 4.79 Å². The highest BCUT2D eigenvalue weighted by atomic mass is 16.5. The van der Waals surface area contributed by atoms with Crippen LogP contribution in [0.2, 0.25) is 0 Å². The number of benzene rings is 1. The first-order chi connectivity index (χ1) is 13.6. The molecule has 4 rings (SSSR count). The van der Waals surface area contributed by atoms with E-state index in [1.807, 2.05) is 0 Å². The Balaban J connectivity index is 1.30. The molecule has 3 fully saturated rings. The lowest BCUT2D eigenvalue weighted by molar-refractivity contribution is -0.134. The Morgan fingerprint density at radius 3 is 2.54 bits per heavy atom. The van der Waals surface area contributed by atoms with Gasteiger partial charge in [-0.3, -0.25) is 9.69 Å². The fourth-order valence-corrected chi connectivity index (χ4v) is 5.44. The first-order valence-electron chi connectivity index (χ1n) is 10.9. The van der Waals surface area contributed by atoms with Crippen molar-refractivity contribution in [2.75, 3.05) is 66.1 Å². The molecule has 0 saturated carbocycles. The molecular weight excluding hydrogens is 350 g/mol. The van der Waals surface area contributed by atoms with E-state index < -0.39 is 0 Å². The van der Waals surface area contributed by atoms with E-state index in [4.69, 9.17) is 4.74 Å². The molecule has 5 heteroatoms. The number of rotatable bonds is 4. The molecule has 0 aromatic heterocycles. The van der Waals surface area contributed by atoms with E-state index in [-0.39, 0.29) is 0 Å². The van der Waals surface area contributed by atoms with Gasteiger partial charge in [0.2, 0.25) is 5.91 Å². The summed E-state index contributed by atoms with van der Waals surface area (Å²) in [7, 11) is 2.26. The summed E-state index contributed by atoms with van der Waals surface area (Å²) in [6.45, 7) is 8.58. The highest BCUT2D eigenvalue weighted by molar-refractivity contribution is 5.76. The summed E-state index contributed by atoms with van der Waals surface area (Å²) in [6, 6.07) is 11.0. The molecule has 5 nitrogen and oxygen atoms in total. The van der Waals surface area contributed by atoms with Crippen molar-refractivity contribution < 1.29 is 9.53 Å². The van der Waals surface area contributed by atoms with E-state index in [1.165, 1.54) is 18.5 Å². The average Bonchev–Trinajstić information content (AvgIpc) is 2.73. The van der Waals surface area contributed by atoms with Crippen LogP contribution in [0.25, 0.3) is 0 Å². The fraction of sp³-hybridized carbons (Fsp3) is 0.696. The number of hydrogen-bond acceptors (Lipinski definition) is 4. The van der Waals surface area contributed by atoms with Gasteiger partial charge in [-0.05, 0) is 43.2 Å². The monoisotopic (exact) mass is 385 g/mol. The van der Waals surface area contributed by atoms with Gasteiger partial charge in [0.15, 0.2) is 0 Å². The molecule has 1 unspecified atom stereocenters. The molecule has 28 heavy (non-hydrogen) atoms. The second-order valence-electron chi connectivity index (χ2n) is 9.09. The molecular formula is C23H35N3O2. The van der Waals surface area contributed by atoms with Gasteiger partial charge in [-0.2, -0.15) is 0 Å². The topological polar surface area (TPSA) is 36.0 Å². The zero-order chi connectivity index (χ0) is 19.4. The van der Waals surface area contributed by atoms with Crippen LogP contribution in [0.1, 0.15) is 37.2 Å². The number of carbonyl (C=O) groups is 1. The molecule has 1 aromatic carbocycles. The van der Waals surface area contributed by atoms with E-state index in [0.29, 0.717) is 23.7 Å². The van der Waals surface area contributed by atoms with Gasteiger partial charge >= 0.3 is 0 Å². The van der Waals surface area contributed by atoms with Crippen molar-refractivity contribution >= 4 is 5.91 Å². The van der Waals surface area contributed by atoms with Crippen LogP contribution >= 0.6 is 0 Å². The van der Waals surface area contributed by atoms with Crippen LogP contribution in [0.4, 0.5) is 0 Å². The number of hydrogen-bond donors (Lipinski definition) is 0. The van der Waals surface area contributed by atoms with Gasteiger partial charge in [0.05, 0.1) is 13.2 Å². The van der Waals surface area contributed by atoms with Crippen molar-refractivity contribution in [3.05, 3.63) is 35.9 Å². The third-order valence-electron chi connectivity index (χ3n) is 7.01. The van der Waals surface area contributed by atoms with E-state index in [1.54, 1.807) is 0 Å². The molecule has 154 valence electrons. The predicted octanol–water partition coefficient (Wildman–Crippen LogP) is 2.44.